The van der Waals surface area contributed by atoms with Crippen LogP contribution in [0.3, 0.4) is 0 Å². The molecule has 2 aromatic rings. The minimum absolute atomic E-state index is 0.137. The van der Waals surface area contributed by atoms with Crippen LogP contribution >= 0.6 is 0 Å². The van der Waals surface area contributed by atoms with Crippen LogP contribution in [0.4, 0.5) is 0 Å². The molecule has 0 aromatic heterocycles. The predicted octanol–water partition coefficient (Wildman–Crippen LogP) is 8.09. The van der Waals surface area contributed by atoms with Gasteiger partial charge in [0.2, 0.25) is 0 Å². The highest BCUT2D eigenvalue weighted by atomic mass is 16.6. The summed E-state index contributed by atoms with van der Waals surface area (Å²) >= 11 is 0. The number of hydrogen-bond acceptors (Lipinski definition) is 2. The topological polar surface area (TPSA) is 32.3 Å². The second kappa shape index (κ2) is 7.42. The van der Waals surface area contributed by atoms with Crippen LogP contribution in [0.1, 0.15) is 95.5 Å². The van der Waals surface area contributed by atoms with Crippen molar-refractivity contribution >= 4 is 10.8 Å². The number of nitrogens with zero attached hydrogens (tertiary/aromatic N) is 1. The maximum Gasteiger partial charge on any atom is 0.0975 e. The normalized spacial score (nSPS) is 48.4. The largest absolute Gasteiger partial charge is 0.632 e. The fourth-order valence-electron chi connectivity index (χ4n) is 11.5. The summed E-state index contributed by atoms with van der Waals surface area (Å²) in [6.07, 6.45) is 18.8. The summed E-state index contributed by atoms with van der Waals surface area (Å²) < 4.78 is 7.69. The van der Waals surface area contributed by atoms with Gasteiger partial charge < -0.3 is 14.6 Å². The average molecular weight is 508 g/mol. The maximum absolute atomic E-state index is 14.4. The highest BCUT2D eigenvalue weighted by molar-refractivity contribution is 5.83. The Hall–Kier alpha value is -1.94. The van der Waals surface area contributed by atoms with E-state index in [2.05, 4.69) is 61.5 Å². The lowest BCUT2D eigenvalue weighted by Gasteiger charge is -2.57. The van der Waals surface area contributed by atoms with Crippen molar-refractivity contribution < 1.29 is 9.38 Å². The van der Waals surface area contributed by atoms with E-state index in [-0.39, 0.29) is 27.3 Å². The molecular weight excluding hydrogens is 466 g/mol. The first-order valence-electron chi connectivity index (χ1n) is 15.6. The molecule has 2 saturated carbocycles. The van der Waals surface area contributed by atoms with E-state index in [9.17, 15) is 5.21 Å². The predicted molar refractivity (Wildman–Crippen MR) is 151 cm³/mol. The van der Waals surface area contributed by atoms with Gasteiger partial charge in [0, 0.05) is 38.5 Å². The quantitative estimate of drug-likeness (QED) is 0.304. The Balaban J connectivity index is 1.07. The Labute approximate surface area is 227 Å². The molecular formula is C35H41NO2. The van der Waals surface area contributed by atoms with E-state index < -0.39 is 0 Å². The first-order valence-corrected chi connectivity index (χ1v) is 15.6. The zero-order chi connectivity index (χ0) is 25.3. The number of hydrogen-bond donors (Lipinski definition) is 0. The van der Waals surface area contributed by atoms with Crippen molar-refractivity contribution in [1.82, 2.24) is 0 Å². The van der Waals surface area contributed by atoms with Crippen LogP contribution < -0.4 is 0 Å². The Bertz CT molecular complexity index is 1390. The Morgan fingerprint density at radius 2 is 1.66 bits per heavy atom. The summed E-state index contributed by atoms with van der Waals surface area (Å²) in [5, 5.41) is 17.1. The monoisotopic (exact) mass is 507 g/mol. The van der Waals surface area contributed by atoms with Gasteiger partial charge in [0.05, 0.1) is 29.3 Å². The molecule has 4 aliphatic heterocycles. The van der Waals surface area contributed by atoms with Gasteiger partial charge in [-0.3, -0.25) is 0 Å². The number of quaternary nitrogens is 1. The fraction of sp³-hybridized carbons (Fsp3) is 0.600. The molecule has 3 aliphatic carbocycles. The van der Waals surface area contributed by atoms with Gasteiger partial charge in [-0.05, 0) is 83.3 Å². The summed E-state index contributed by atoms with van der Waals surface area (Å²) in [5.41, 5.74) is 4.45. The van der Waals surface area contributed by atoms with E-state index in [1.54, 1.807) is 0 Å². The molecule has 38 heavy (non-hydrogen) atoms. The lowest BCUT2D eigenvalue weighted by Crippen LogP contribution is -2.60. The molecule has 6 atom stereocenters. The average Bonchev–Trinajstić information content (AvgIpc) is 3.66. The maximum atomic E-state index is 14.4. The third-order valence-corrected chi connectivity index (χ3v) is 13.2. The van der Waals surface area contributed by atoms with Crippen molar-refractivity contribution in [3.63, 3.8) is 0 Å². The number of ether oxygens (including phenoxy) is 1. The minimum atomic E-state index is -0.169. The standard InChI is InChI=1S/C35H41NO2/c1-33-17-16-27-21-26-8-9-30(36(37)28-10-11-29(36)13-12-28)22-34(26)18-19-35(27,38-34)32(33)15-14-31(33)25-7-6-23-4-2-3-5-24(23)20-25/h2-7,16,20-21,28-32H,8-15,17-19,22H2,1H3/t28?,29?,30-,31+,32+,33+,34+,35+,36?/m0/s1. The van der Waals surface area contributed by atoms with Crippen LogP contribution in [0.15, 0.2) is 65.8 Å². The van der Waals surface area contributed by atoms with Gasteiger partial charge in [-0.15, -0.1) is 0 Å². The molecule has 5 fully saturated rings. The van der Waals surface area contributed by atoms with Gasteiger partial charge in [0.15, 0.2) is 0 Å². The number of fused-ring (bicyclic) bond motifs is 4. The first kappa shape index (κ1) is 22.8. The molecule has 9 rings (SSSR count). The highest BCUT2D eigenvalue weighted by Gasteiger charge is 2.68. The smallest absolute Gasteiger partial charge is 0.0975 e. The second-order valence-corrected chi connectivity index (χ2v) is 14.4. The van der Waals surface area contributed by atoms with Crippen LogP contribution in [0.25, 0.3) is 10.8 Å². The molecule has 3 nitrogen and oxygen atoms in total. The SMILES string of the molecule is C[C@]12CC=C3C=C4CC[C@H]([N+]5([O-])C6CCC5CC6)C[C@]45CC[C@]3(O5)[C@@H]1CC[C@@H]2c1ccc2ccccc2c1. The minimum Gasteiger partial charge on any atom is -0.632 e. The van der Waals surface area contributed by atoms with Gasteiger partial charge in [-0.1, -0.05) is 61.5 Å². The molecule has 0 radical (unpaired) electrons. The fourth-order valence-corrected chi connectivity index (χ4v) is 11.5. The van der Waals surface area contributed by atoms with Crippen LogP contribution in [-0.2, 0) is 4.74 Å². The number of benzene rings is 2. The summed E-state index contributed by atoms with van der Waals surface area (Å²) in [4.78, 5) is 0. The molecule has 0 unspecified atom stereocenters. The number of hydroxylamine groups is 3. The van der Waals surface area contributed by atoms with E-state index in [0.29, 0.717) is 23.9 Å². The molecule has 4 heterocycles. The molecule has 3 saturated heterocycles. The lowest BCUT2D eigenvalue weighted by molar-refractivity contribution is -0.928. The second-order valence-electron chi connectivity index (χ2n) is 14.4. The van der Waals surface area contributed by atoms with Crippen molar-refractivity contribution in [2.45, 2.75) is 119 Å². The van der Waals surface area contributed by atoms with Crippen LogP contribution in [0.2, 0.25) is 0 Å². The van der Waals surface area contributed by atoms with Gasteiger partial charge in [-0.2, -0.15) is 0 Å². The summed E-state index contributed by atoms with van der Waals surface area (Å²) in [6.45, 7) is 2.57. The first-order chi connectivity index (χ1) is 18.4. The van der Waals surface area contributed by atoms with Crippen LogP contribution in [0.5, 0.6) is 0 Å². The van der Waals surface area contributed by atoms with Crippen molar-refractivity contribution in [3.05, 3.63) is 76.5 Å². The number of rotatable bonds is 2. The van der Waals surface area contributed by atoms with Gasteiger partial charge in [-0.25, -0.2) is 0 Å². The molecule has 198 valence electrons. The molecule has 0 N–H and O–H groups in total. The van der Waals surface area contributed by atoms with Gasteiger partial charge in [0.1, 0.15) is 0 Å². The molecule has 7 aliphatic rings. The Morgan fingerprint density at radius 3 is 2.47 bits per heavy atom. The highest BCUT2D eigenvalue weighted by Crippen LogP contribution is 2.69. The third-order valence-electron chi connectivity index (χ3n) is 13.2. The van der Waals surface area contributed by atoms with Crippen LogP contribution in [-0.4, -0.2) is 34.0 Å². The van der Waals surface area contributed by atoms with Gasteiger partial charge >= 0.3 is 0 Å². The molecule has 0 amide bonds. The Morgan fingerprint density at radius 1 is 0.868 bits per heavy atom. The van der Waals surface area contributed by atoms with E-state index in [1.807, 2.05) is 0 Å². The van der Waals surface area contributed by atoms with Crippen molar-refractivity contribution in [2.75, 3.05) is 0 Å². The zero-order valence-electron chi connectivity index (χ0n) is 22.8. The molecule has 3 heteroatoms. The summed E-state index contributed by atoms with van der Waals surface area (Å²) in [6, 6.07) is 17.0. The third kappa shape index (κ3) is 2.67. The Kier molecular flexibility index (Phi) is 4.46. The summed E-state index contributed by atoms with van der Waals surface area (Å²) in [7, 11) is 0. The number of allylic oxidation sites excluding steroid dienone is 1. The van der Waals surface area contributed by atoms with Crippen molar-refractivity contribution in [3.8, 4) is 0 Å². The summed E-state index contributed by atoms with van der Waals surface area (Å²) in [5.74, 6) is 1.13. The van der Waals surface area contributed by atoms with Crippen molar-refractivity contribution in [1.29, 1.82) is 0 Å². The van der Waals surface area contributed by atoms with E-state index in [4.69, 9.17) is 4.74 Å². The van der Waals surface area contributed by atoms with E-state index in [0.717, 1.165) is 64.2 Å². The molecule has 2 spiro atoms. The zero-order valence-corrected chi connectivity index (χ0v) is 22.8. The van der Waals surface area contributed by atoms with Gasteiger partial charge in [0.25, 0.3) is 0 Å². The van der Waals surface area contributed by atoms with Crippen molar-refractivity contribution in [2.24, 2.45) is 11.3 Å². The van der Waals surface area contributed by atoms with Crippen LogP contribution in [0, 0.1) is 16.5 Å². The lowest BCUT2D eigenvalue weighted by atomic mass is 9.58. The van der Waals surface area contributed by atoms with E-state index in [1.165, 1.54) is 40.3 Å². The molecule has 4 bridgehead atoms. The van der Waals surface area contributed by atoms with E-state index >= 15 is 0 Å². The molecule has 2 aromatic carbocycles.